The van der Waals surface area contributed by atoms with Crippen LogP contribution in [-0.4, -0.2) is 13.1 Å². The molecule has 0 aliphatic carbocycles. The van der Waals surface area contributed by atoms with Crippen LogP contribution in [0.4, 0.5) is 0 Å². The van der Waals surface area contributed by atoms with E-state index >= 15 is 0 Å². The van der Waals surface area contributed by atoms with Gasteiger partial charge in [0.25, 0.3) is 0 Å². The van der Waals surface area contributed by atoms with E-state index in [1.165, 1.54) is 13.2 Å². The Bertz CT molecular complexity index is 352. The zero-order chi connectivity index (χ0) is 10.0. The van der Waals surface area contributed by atoms with Gasteiger partial charge in [-0.05, 0) is 34.7 Å². The van der Waals surface area contributed by atoms with Gasteiger partial charge in [0.05, 0.1) is 17.7 Å². The Hall–Kier alpha value is -0.000000000000000167. The summed E-state index contributed by atoms with van der Waals surface area (Å²) in [6, 6.07) is 3.16. The van der Waals surface area contributed by atoms with Crippen molar-refractivity contribution in [2.75, 3.05) is 7.11 Å². The van der Waals surface area contributed by atoms with Crippen molar-refractivity contribution >= 4 is 51.8 Å². The number of benzene rings is 1. The zero-order valence-electron chi connectivity index (χ0n) is 6.61. The number of ether oxygens (including phenoxy) is 1. The first-order chi connectivity index (χ1) is 6.06. The second kappa shape index (κ2) is 4.48. The lowest BCUT2D eigenvalue weighted by Crippen LogP contribution is -2.02. The Kier molecular flexibility index (Phi) is 3.82. The van der Waals surface area contributed by atoms with Gasteiger partial charge in [0, 0.05) is 8.59 Å². The third-order valence-corrected chi connectivity index (χ3v) is 3.19. The van der Waals surface area contributed by atoms with Gasteiger partial charge in [-0.15, -0.1) is 0 Å². The smallest absolute Gasteiger partial charge is 0.339 e. The van der Waals surface area contributed by atoms with Crippen LogP contribution in [0.5, 0.6) is 0 Å². The first kappa shape index (κ1) is 11.1. The minimum absolute atomic E-state index is 0.293. The highest BCUT2D eigenvalue weighted by Crippen LogP contribution is 2.27. The summed E-state index contributed by atoms with van der Waals surface area (Å²) >= 11 is 13.6. The lowest BCUT2D eigenvalue weighted by atomic mass is 10.2. The number of methoxy groups -OCH3 is 1. The highest BCUT2D eigenvalue weighted by molar-refractivity contribution is 14.1. The molecule has 70 valence electrons. The molecule has 1 aromatic carbocycles. The van der Waals surface area contributed by atoms with Gasteiger partial charge in [-0.3, -0.25) is 0 Å². The van der Waals surface area contributed by atoms with Crippen LogP contribution in [-0.2, 0) is 4.74 Å². The Labute approximate surface area is 99.3 Å². The van der Waals surface area contributed by atoms with Crippen LogP contribution < -0.4 is 0 Å². The van der Waals surface area contributed by atoms with Crippen molar-refractivity contribution in [3.63, 3.8) is 0 Å². The molecule has 0 heterocycles. The zero-order valence-corrected chi connectivity index (χ0v) is 10.3. The van der Waals surface area contributed by atoms with E-state index in [4.69, 9.17) is 23.2 Å². The van der Waals surface area contributed by atoms with Crippen molar-refractivity contribution in [3.8, 4) is 0 Å². The first-order valence-electron chi connectivity index (χ1n) is 3.29. The average molecular weight is 331 g/mol. The van der Waals surface area contributed by atoms with Crippen LogP contribution in [0.1, 0.15) is 10.4 Å². The average Bonchev–Trinajstić information content (AvgIpc) is 2.10. The van der Waals surface area contributed by atoms with Crippen molar-refractivity contribution in [1.82, 2.24) is 0 Å². The van der Waals surface area contributed by atoms with Crippen molar-refractivity contribution in [1.29, 1.82) is 0 Å². The summed E-state index contributed by atoms with van der Waals surface area (Å²) in [5, 5.41) is 0.839. The third kappa shape index (κ3) is 2.48. The number of carbonyl (C=O) groups is 1. The molecule has 1 aromatic rings. The summed E-state index contributed by atoms with van der Waals surface area (Å²) in [7, 11) is 1.30. The maximum Gasteiger partial charge on any atom is 0.339 e. The van der Waals surface area contributed by atoms with Crippen LogP contribution in [0.25, 0.3) is 0 Å². The van der Waals surface area contributed by atoms with Crippen molar-refractivity contribution in [3.05, 3.63) is 31.3 Å². The Morgan fingerprint density at radius 3 is 2.62 bits per heavy atom. The minimum Gasteiger partial charge on any atom is -0.465 e. The normalized spacial score (nSPS) is 9.85. The maximum absolute atomic E-state index is 11.2. The monoisotopic (exact) mass is 330 g/mol. The fraction of sp³-hybridized carbons (Fsp3) is 0.125. The highest BCUT2D eigenvalue weighted by atomic mass is 127. The maximum atomic E-state index is 11.2. The van der Waals surface area contributed by atoms with E-state index in [1.54, 1.807) is 6.07 Å². The number of esters is 1. The van der Waals surface area contributed by atoms with Gasteiger partial charge in [0.1, 0.15) is 0 Å². The van der Waals surface area contributed by atoms with Gasteiger partial charge in [-0.25, -0.2) is 4.79 Å². The van der Waals surface area contributed by atoms with Gasteiger partial charge in [-0.2, -0.15) is 0 Å². The number of rotatable bonds is 1. The van der Waals surface area contributed by atoms with Crippen molar-refractivity contribution < 1.29 is 9.53 Å². The molecule has 0 saturated heterocycles. The molecule has 13 heavy (non-hydrogen) atoms. The second-order valence-corrected chi connectivity index (χ2v) is 4.22. The minimum atomic E-state index is -0.481. The van der Waals surface area contributed by atoms with Gasteiger partial charge < -0.3 is 4.74 Å². The predicted molar refractivity (Wildman–Crippen MR) is 60.5 cm³/mol. The molecule has 0 unspecified atom stereocenters. The third-order valence-electron chi connectivity index (χ3n) is 1.40. The fourth-order valence-corrected chi connectivity index (χ4v) is 2.03. The number of halogens is 3. The molecule has 0 bridgehead atoms. The predicted octanol–water partition coefficient (Wildman–Crippen LogP) is 3.38. The molecular weight excluding hydrogens is 326 g/mol. The molecule has 0 aliphatic heterocycles. The summed E-state index contributed by atoms with van der Waals surface area (Å²) in [6.07, 6.45) is 0. The molecule has 0 amide bonds. The first-order valence-corrected chi connectivity index (χ1v) is 5.12. The number of hydrogen-bond acceptors (Lipinski definition) is 2. The van der Waals surface area contributed by atoms with Crippen LogP contribution in [0, 0.1) is 3.57 Å². The second-order valence-electron chi connectivity index (χ2n) is 2.24. The largest absolute Gasteiger partial charge is 0.465 e. The molecule has 0 N–H and O–H groups in total. The number of carbonyl (C=O) groups excluding carboxylic acids is 1. The van der Waals surface area contributed by atoms with E-state index in [0.717, 1.165) is 3.57 Å². The van der Waals surface area contributed by atoms with Gasteiger partial charge in [0.2, 0.25) is 0 Å². The molecule has 0 fully saturated rings. The fourth-order valence-electron chi connectivity index (χ4n) is 0.814. The SMILES string of the molecule is COC(=O)c1cc(Cl)cc(I)c1Cl. The van der Waals surface area contributed by atoms with Gasteiger partial charge >= 0.3 is 5.97 Å². The lowest BCUT2D eigenvalue weighted by molar-refractivity contribution is 0.0601. The van der Waals surface area contributed by atoms with Crippen LogP contribution in [0.15, 0.2) is 12.1 Å². The molecule has 0 aliphatic rings. The Morgan fingerprint density at radius 1 is 1.46 bits per heavy atom. The van der Waals surface area contributed by atoms with Crippen LogP contribution >= 0.6 is 45.8 Å². The Balaban J connectivity index is 3.28. The number of hydrogen-bond donors (Lipinski definition) is 0. The summed E-state index contributed by atoms with van der Waals surface area (Å²) in [6.45, 7) is 0. The van der Waals surface area contributed by atoms with Crippen molar-refractivity contribution in [2.45, 2.75) is 0 Å². The van der Waals surface area contributed by atoms with E-state index in [0.29, 0.717) is 15.6 Å². The highest BCUT2D eigenvalue weighted by Gasteiger charge is 2.13. The molecule has 0 saturated carbocycles. The topological polar surface area (TPSA) is 26.3 Å². The molecule has 0 radical (unpaired) electrons. The molecule has 2 nitrogen and oxygen atoms in total. The molecule has 0 atom stereocenters. The molecule has 0 spiro atoms. The Morgan fingerprint density at radius 2 is 2.08 bits per heavy atom. The molecule has 1 rings (SSSR count). The van der Waals surface area contributed by atoms with E-state index in [-0.39, 0.29) is 0 Å². The van der Waals surface area contributed by atoms with E-state index in [2.05, 4.69) is 4.74 Å². The summed E-state index contributed by atoms with van der Waals surface area (Å²) in [5.41, 5.74) is 0.293. The van der Waals surface area contributed by atoms with E-state index in [9.17, 15) is 4.79 Å². The quantitative estimate of drug-likeness (QED) is 0.448. The lowest BCUT2D eigenvalue weighted by Gasteiger charge is -2.04. The summed E-state index contributed by atoms with van der Waals surface area (Å²) in [4.78, 5) is 11.2. The van der Waals surface area contributed by atoms with E-state index < -0.39 is 5.97 Å². The standard InChI is InChI=1S/C8H5Cl2IO2/c1-13-8(12)5-2-4(9)3-6(11)7(5)10/h2-3H,1H3. The van der Waals surface area contributed by atoms with Crippen LogP contribution in [0.2, 0.25) is 10.0 Å². The molecule has 0 aromatic heterocycles. The summed E-state index contributed by atoms with van der Waals surface area (Å²) in [5.74, 6) is -0.481. The van der Waals surface area contributed by atoms with Crippen LogP contribution in [0.3, 0.4) is 0 Å². The molecule has 5 heteroatoms. The van der Waals surface area contributed by atoms with E-state index in [1.807, 2.05) is 22.6 Å². The molecular formula is C8H5Cl2IO2. The summed E-state index contributed by atoms with van der Waals surface area (Å²) < 4.78 is 5.27. The van der Waals surface area contributed by atoms with Gasteiger partial charge in [-0.1, -0.05) is 23.2 Å². The van der Waals surface area contributed by atoms with Gasteiger partial charge in [0.15, 0.2) is 0 Å². The van der Waals surface area contributed by atoms with Crippen molar-refractivity contribution in [2.24, 2.45) is 0 Å².